The molecule has 0 saturated carbocycles. The van der Waals surface area contributed by atoms with E-state index in [0.717, 1.165) is 11.1 Å². The molecule has 0 aliphatic rings. The predicted octanol–water partition coefficient (Wildman–Crippen LogP) is 3.20. The number of hydroxylamine groups is 2. The number of rotatable bonds is 13. The smallest absolute Gasteiger partial charge is 0.249 e. The second-order valence-electron chi connectivity index (χ2n) is 6.64. The first-order chi connectivity index (χ1) is 13.9. The third-order valence-corrected chi connectivity index (χ3v) is 4.24. The molecule has 8 nitrogen and oxygen atoms in total. The summed E-state index contributed by atoms with van der Waals surface area (Å²) >= 11 is 0. The average molecular weight is 411 g/mol. The van der Waals surface area contributed by atoms with Crippen LogP contribution in [0.3, 0.4) is 0 Å². The average Bonchev–Trinajstić information content (AvgIpc) is 2.72. The normalized spacial score (nSPS) is 11.6. The third kappa shape index (κ3) is 7.92. The van der Waals surface area contributed by atoms with Gasteiger partial charge in [-0.25, -0.2) is 5.06 Å². The van der Waals surface area contributed by atoms with Crippen molar-refractivity contribution >= 4 is 5.91 Å². The van der Waals surface area contributed by atoms with Crippen LogP contribution in [0.5, 0.6) is 17.2 Å². The molecule has 0 N–H and O–H groups in total. The minimum absolute atomic E-state index is 0.0500. The van der Waals surface area contributed by atoms with Gasteiger partial charge >= 0.3 is 0 Å². The number of nitrogens with zero attached hydrogens (tertiary/aromatic N) is 1. The van der Waals surface area contributed by atoms with E-state index in [4.69, 9.17) is 28.5 Å². The Balaban J connectivity index is 3.38. The van der Waals surface area contributed by atoms with E-state index in [1.807, 2.05) is 19.9 Å². The van der Waals surface area contributed by atoms with E-state index in [2.05, 4.69) is 0 Å². The number of amides is 1. The van der Waals surface area contributed by atoms with Gasteiger partial charge in [0.1, 0.15) is 17.2 Å². The predicted molar refractivity (Wildman–Crippen MR) is 109 cm³/mol. The summed E-state index contributed by atoms with van der Waals surface area (Å²) in [5.41, 5.74) is 1.86. The van der Waals surface area contributed by atoms with Crippen LogP contribution in [0, 0.1) is 5.92 Å². The molecule has 0 aliphatic carbocycles. The zero-order valence-electron chi connectivity index (χ0n) is 18.4. The topological polar surface area (TPSA) is 75.7 Å². The fourth-order valence-corrected chi connectivity index (χ4v) is 2.66. The van der Waals surface area contributed by atoms with Crippen LogP contribution in [0.1, 0.15) is 25.8 Å². The molecule has 1 unspecified atom stereocenters. The van der Waals surface area contributed by atoms with Crippen LogP contribution in [0.2, 0.25) is 0 Å². The second-order valence-corrected chi connectivity index (χ2v) is 6.64. The summed E-state index contributed by atoms with van der Waals surface area (Å²) in [4.78, 5) is 18.0. The first kappa shape index (κ1) is 24.7. The van der Waals surface area contributed by atoms with Gasteiger partial charge in [-0.15, -0.1) is 0 Å². The number of ether oxygens (including phenoxy) is 5. The first-order valence-corrected chi connectivity index (χ1v) is 9.27. The van der Waals surface area contributed by atoms with Crippen molar-refractivity contribution in [3.63, 3.8) is 0 Å². The molecule has 0 spiro atoms. The van der Waals surface area contributed by atoms with Crippen LogP contribution in [-0.2, 0) is 25.5 Å². The molecule has 0 aliphatic heterocycles. The van der Waals surface area contributed by atoms with Gasteiger partial charge in [0.2, 0.25) is 5.91 Å². The minimum atomic E-state index is -0.377. The number of benzene rings is 1. The molecule has 1 aromatic carbocycles. The lowest BCUT2D eigenvalue weighted by Crippen LogP contribution is -2.33. The molecule has 0 bridgehead atoms. The number of allylic oxidation sites excluding steroid dienone is 2. The lowest BCUT2D eigenvalue weighted by molar-refractivity contribution is -0.173. The van der Waals surface area contributed by atoms with Gasteiger partial charge in [0.25, 0.3) is 0 Å². The molecule has 164 valence electrons. The van der Waals surface area contributed by atoms with Gasteiger partial charge < -0.3 is 23.7 Å². The van der Waals surface area contributed by atoms with E-state index >= 15 is 0 Å². The molecule has 0 saturated heterocycles. The quantitative estimate of drug-likeness (QED) is 0.280. The highest BCUT2D eigenvalue weighted by Crippen LogP contribution is 2.37. The Labute approximate surface area is 173 Å². The van der Waals surface area contributed by atoms with Gasteiger partial charge in [-0.1, -0.05) is 11.6 Å². The van der Waals surface area contributed by atoms with Gasteiger partial charge in [0.05, 0.1) is 14.2 Å². The monoisotopic (exact) mass is 411 g/mol. The molecular weight excluding hydrogens is 378 g/mol. The van der Waals surface area contributed by atoms with Crippen LogP contribution in [0.15, 0.2) is 23.8 Å². The molecule has 0 heterocycles. The van der Waals surface area contributed by atoms with Gasteiger partial charge in [0.15, 0.2) is 13.6 Å². The summed E-state index contributed by atoms with van der Waals surface area (Å²) in [6, 6.07) is 3.49. The number of carbonyl (C=O) groups excluding carboxylic acids is 1. The summed E-state index contributed by atoms with van der Waals surface area (Å²) in [5.74, 6) is 1.08. The van der Waals surface area contributed by atoms with Crippen molar-refractivity contribution in [2.24, 2.45) is 5.92 Å². The van der Waals surface area contributed by atoms with Gasteiger partial charge in [-0.2, -0.15) is 0 Å². The molecule has 29 heavy (non-hydrogen) atoms. The zero-order chi connectivity index (χ0) is 21.8. The molecule has 8 heteroatoms. The molecule has 1 rings (SSSR count). The lowest BCUT2D eigenvalue weighted by Gasteiger charge is -2.24. The summed E-state index contributed by atoms with van der Waals surface area (Å²) < 4.78 is 26.9. The molecule has 0 aromatic heterocycles. The van der Waals surface area contributed by atoms with E-state index in [9.17, 15) is 4.79 Å². The summed E-state index contributed by atoms with van der Waals surface area (Å²) in [6.07, 6.45) is 2.95. The van der Waals surface area contributed by atoms with Crippen molar-refractivity contribution in [3.8, 4) is 17.2 Å². The van der Waals surface area contributed by atoms with Crippen molar-refractivity contribution < 1.29 is 33.3 Å². The Hall–Kier alpha value is -2.29. The molecular formula is C21H33NO7. The van der Waals surface area contributed by atoms with E-state index in [0.29, 0.717) is 30.1 Å². The van der Waals surface area contributed by atoms with Crippen molar-refractivity contribution in [1.82, 2.24) is 5.06 Å². The van der Waals surface area contributed by atoms with Gasteiger partial charge in [-0.05, 0) is 26.7 Å². The number of hydrogen-bond acceptors (Lipinski definition) is 7. The Morgan fingerprint density at radius 3 is 2.00 bits per heavy atom. The van der Waals surface area contributed by atoms with Crippen molar-refractivity contribution in [3.05, 3.63) is 29.3 Å². The third-order valence-electron chi connectivity index (χ3n) is 4.24. The summed E-state index contributed by atoms with van der Waals surface area (Å²) in [6.45, 7) is 4.09. The Bertz CT molecular complexity index is 642. The second kappa shape index (κ2) is 13.0. The molecule has 1 amide bonds. The highest BCUT2D eigenvalue weighted by molar-refractivity contribution is 5.78. The number of hydrogen-bond donors (Lipinski definition) is 0. The zero-order valence-corrected chi connectivity index (χ0v) is 18.4. The van der Waals surface area contributed by atoms with Gasteiger partial charge in [-0.3, -0.25) is 9.63 Å². The van der Waals surface area contributed by atoms with Crippen LogP contribution >= 0.6 is 0 Å². The molecule has 0 fully saturated rings. The number of carbonyl (C=O) groups is 1. The highest BCUT2D eigenvalue weighted by atomic mass is 16.7. The Kier molecular flexibility index (Phi) is 11.1. The van der Waals surface area contributed by atoms with Crippen molar-refractivity contribution in [2.75, 3.05) is 49.1 Å². The van der Waals surface area contributed by atoms with Gasteiger partial charge in [0, 0.05) is 44.9 Å². The standard InChI is InChI=1S/C21H33NO7/c1-15(2)8-9-16(21(23)22(3)27-7)10-18-19(28-13-24-4)11-17(26-6)12-20(18)29-14-25-5/h8,11-12,16H,9-10,13-14H2,1-7H3. The van der Waals surface area contributed by atoms with Crippen LogP contribution in [0.4, 0.5) is 0 Å². The van der Waals surface area contributed by atoms with E-state index in [-0.39, 0.29) is 25.4 Å². The summed E-state index contributed by atoms with van der Waals surface area (Å²) in [7, 11) is 7.69. The minimum Gasteiger partial charge on any atom is -0.496 e. The molecule has 0 radical (unpaired) electrons. The SMILES string of the molecule is COCOc1cc(OC)cc(OCOC)c1CC(CC=C(C)C)C(=O)N(C)OC. The van der Waals surface area contributed by atoms with Crippen LogP contribution in [-0.4, -0.2) is 60.0 Å². The highest BCUT2D eigenvalue weighted by Gasteiger charge is 2.26. The van der Waals surface area contributed by atoms with Crippen molar-refractivity contribution in [1.29, 1.82) is 0 Å². The van der Waals surface area contributed by atoms with Crippen LogP contribution in [0.25, 0.3) is 0 Å². The maximum Gasteiger partial charge on any atom is 0.249 e. The van der Waals surface area contributed by atoms with E-state index < -0.39 is 0 Å². The fraction of sp³-hybridized carbons (Fsp3) is 0.571. The van der Waals surface area contributed by atoms with E-state index in [1.54, 1.807) is 26.3 Å². The first-order valence-electron chi connectivity index (χ1n) is 9.27. The Morgan fingerprint density at radius 2 is 1.59 bits per heavy atom. The maximum absolute atomic E-state index is 12.9. The van der Waals surface area contributed by atoms with Crippen molar-refractivity contribution in [2.45, 2.75) is 26.7 Å². The Morgan fingerprint density at radius 1 is 1.03 bits per heavy atom. The van der Waals surface area contributed by atoms with Crippen LogP contribution < -0.4 is 14.2 Å². The maximum atomic E-state index is 12.9. The fourth-order valence-electron chi connectivity index (χ4n) is 2.66. The summed E-state index contributed by atoms with van der Waals surface area (Å²) in [5, 5.41) is 1.23. The molecule has 1 atom stereocenters. The largest absolute Gasteiger partial charge is 0.496 e. The van der Waals surface area contributed by atoms with E-state index in [1.165, 1.54) is 26.4 Å². The lowest BCUT2D eigenvalue weighted by atomic mass is 9.93. The number of methoxy groups -OCH3 is 3. The molecule has 1 aromatic rings.